The van der Waals surface area contributed by atoms with E-state index in [2.05, 4.69) is 32.5 Å². The molecule has 2 aliphatic rings. The normalized spacial score (nSPS) is 28.0. The van der Waals surface area contributed by atoms with Gasteiger partial charge in [-0.1, -0.05) is 6.08 Å². The number of aromatic nitrogens is 2. The average Bonchev–Trinajstić information content (AvgIpc) is 3.03. The van der Waals surface area contributed by atoms with Crippen LogP contribution < -0.4 is 5.32 Å². The molecule has 0 amide bonds. The lowest BCUT2D eigenvalue weighted by atomic mass is 9.97. The zero-order valence-electron chi connectivity index (χ0n) is 10.9. The first-order valence-electron chi connectivity index (χ1n) is 7.00. The molecule has 1 aromatic heterocycles. The van der Waals surface area contributed by atoms with Gasteiger partial charge in [0.2, 0.25) is 5.95 Å². The van der Waals surface area contributed by atoms with E-state index in [1.165, 1.54) is 38.8 Å². The van der Waals surface area contributed by atoms with Crippen LogP contribution in [0.4, 0.5) is 5.95 Å². The quantitative estimate of drug-likeness (QED) is 0.827. The summed E-state index contributed by atoms with van der Waals surface area (Å²) in [6, 6.07) is 1.41. The Morgan fingerprint density at radius 2 is 2.33 bits per heavy atom. The molecule has 2 atom stereocenters. The molecule has 2 aliphatic heterocycles. The van der Waals surface area contributed by atoms with Crippen molar-refractivity contribution in [1.29, 1.82) is 0 Å². The lowest BCUT2D eigenvalue weighted by molar-refractivity contribution is 0.156. The molecular weight excluding hydrogens is 224 g/mol. The van der Waals surface area contributed by atoms with Crippen LogP contribution in [0.3, 0.4) is 0 Å². The van der Waals surface area contributed by atoms with Gasteiger partial charge in [-0.05, 0) is 32.2 Å². The predicted molar refractivity (Wildman–Crippen MR) is 73.8 cm³/mol. The lowest BCUT2D eigenvalue weighted by Crippen LogP contribution is -2.38. The Kier molecular flexibility index (Phi) is 3.37. The standard InChI is InChI=1S/C14H22N4/c1-2-6-15-14-16-7-10-18(14)13-5-9-17-8-3-4-12(17)11-13/h2,7,10,12-13H,1,3-6,8-9,11H2,(H,15,16). The van der Waals surface area contributed by atoms with Crippen molar-refractivity contribution >= 4 is 5.95 Å². The summed E-state index contributed by atoms with van der Waals surface area (Å²) in [4.78, 5) is 7.06. The molecule has 0 aromatic carbocycles. The average molecular weight is 246 g/mol. The van der Waals surface area contributed by atoms with E-state index in [4.69, 9.17) is 0 Å². The Bertz CT molecular complexity index is 412. The van der Waals surface area contributed by atoms with Gasteiger partial charge in [-0.3, -0.25) is 0 Å². The highest BCUT2D eigenvalue weighted by Gasteiger charge is 2.32. The van der Waals surface area contributed by atoms with E-state index < -0.39 is 0 Å². The van der Waals surface area contributed by atoms with Crippen LogP contribution in [0.5, 0.6) is 0 Å². The fourth-order valence-electron chi connectivity index (χ4n) is 3.36. The Morgan fingerprint density at radius 1 is 1.39 bits per heavy atom. The molecule has 0 aliphatic carbocycles. The number of nitrogens with zero attached hydrogens (tertiary/aromatic N) is 3. The number of nitrogens with one attached hydrogen (secondary N) is 1. The van der Waals surface area contributed by atoms with Crippen LogP contribution in [0.15, 0.2) is 25.0 Å². The van der Waals surface area contributed by atoms with Gasteiger partial charge >= 0.3 is 0 Å². The molecule has 3 heterocycles. The zero-order valence-corrected chi connectivity index (χ0v) is 10.9. The maximum absolute atomic E-state index is 4.40. The van der Waals surface area contributed by atoms with E-state index in [9.17, 15) is 0 Å². The molecule has 0 saturated carbocycles. The first-order valence-corrected chi connectivity index (χ1v) is 7.00. The summed E-state index contributed by atoms with van der Waals surface area (Å²) >= 11 is 0. The molecule has 0 radical (unpaired) electrons. The third kappa shape index (κ3) is 2.17. The van der Waals surface area contributed by atoms with Gasteiger partial charge in [0.05, 0.1) is 0 Å². The molecule has 1 aromatic rings. The van der Waals surface area contributed by atoms with E-state index in [0.717, 1.165) is 18.5 Å². The number of fused-ring (bicyclic) bond motifs is 1. The van der Waals surface area contributed by atoms with Gasteiger partial charge in [0.25, 0.3) is 0 Å². The number of anilines is 1. The van der Waals surface area contributed by atoms with Crippen molar-refractivity contribution < 1.29 is 0 Å². The fraction of sp³-hybridized carbons (Fsp3) is 0.643. The zero-order chi connectivity index (χ0) is 12.4. The van der Waals surface area contributed by atoms with Gasteiger partial charge in [-0.15, -0.1) is 6.58 Å². The molecule has 0 spiro atoms. The Hall–Kier alpha value is -1.29. The summed E-state index contributed by atoms with van der Waals surface area (Å²) in [5, 5.41) is 3.32. The highest BCUT2D eigenvalue weighted by Crippen LogP contribution is 2.34. The van der Waals surface area contributed by atoms with Crippen LogP contribution in [-0.2, 0) is 0 Å². The van der Waals surface area contributed by atoms with Gasteiger partial charge in [0.1, 0.15) is 0 Å². The van der Waals surface area contributed by atoms with Gasteiger partial charge in [0, 0.05) is 37.6 Å². The molecule has 2 saturated heterocycles. The minimum atomic E-state index is 0.610. The van der Waals surface area contributed by atoms with Crippen LogP contribution in [-0.4, -0.2) is 40.1 Å². The maximum Gasteiger partial charge on any atom is 0.203 e. The number of hydrogen-bond donors (Lipinski definition) is 1. The van der Waals surface area contributed by atoms with Crippen molar-refractivity contribution in [3.05, 3.63) is 25.0 Å². The summed E-state index contributed by atoms with van der Waals surface area (Å²) in [6.45, 7) is 7.07. The van der Waals surface area contributed by atoms with Crippen LogP contribution in [0.1, 0.15) is 31.7 Å². The first kappa shape index (κ1) is 11.8. The molecular formula is C14H22N4. The second-order valence-corrected chi connectivity index (χ2v) is 5.34. The van der Waals surface area contributed by atoms with Crippen molar-refractivity contribution in [2.24, 2.45) is 0 Å². The highest BCUT2D eigenvalue weighted by atomic mass is 15.2. The lowest BCUT2D eigenvalue weighted by Gasteiger charge is -2.35. The SMILES string of the molecule is C=CCNc1nccn1C1CCN2CCCC2C1. The van der Waals surface area contributed by atoms with E-state index in [0.29, 0.717) is 6.04 Å². The van der Waals surface area contributed by atoms with E-state index in [1.807, 2.05) is 12.3 Å². The van der Waals surface area contributed by atoms with Crippen LogP contribution in [0.25, 0.3) is 0 Å². The summed E-state index contributed by atoms with van der Waals surface area (Å²) < 4.78 is 2.32. The first-order chi connectivity index (χ1) is 8.88. The summed E-state index contributed by atoms with van der Waals surface area (Å²) in [5.74, 6) is 0.992. The minimum Gasteiger partial charge on any atom is -0.352 e. The maximum atomic E-state index is 4.40. The van der Waals surface area contributed by atoms with Crippen molar-refractivity contribution in [1.82, 2.24) is 14.5 Å². The molecule has 2 fully saturated rings. The third-order valence-electron chi connectivity index (χ3n) is 4.26. The molecule has 1 N–H and O–H groups in total. The Balaban J connectivity index is 1.70. The predicted octanol–water partition coefficient (Wildman–Crippen LogP) is 2.28. The third-order valence-corrected chi connectivity index (χ3v) is 4.26. The van der Waals surface area contributed by atoms with E-state index in [1.54, 1.807) is 0 Å². The summed E-state index contributed by atoms with van der Waals surface area (Å²) in [5.41, 5.74) is 0. The van der Waals surface area contributed by atoms with E-state index in [-0.39, 0.29) is 0 Å². The van der Waals surface area contributed by atoms with Crippen molar-refractivity contribution in [2.45, 2.75) is 37.8 Å². The van der Waals surface area contributed by atoms with Gasteiger partial charge in [0.15, 0.2) is 0 Å². The Labute approximate surface area is 109 Å². The smallest absolute Gasteiger partial charge is 0.203 e. The summed E-state index contributed by atoms with van der Waals surface area (Å²) in [6.07, 6.45) is 11.2. The molecule has 4 heteroatoms. The molecule has 3 rings (SSSR count). The molecule has 18 heavy (non-hydrogen) atoms. The minimum absolute atomic E-state index is 0.610. The van der Waals surface area contributed by atoms with Crippen molar-refractivity contribution in [3.63, 3.8) is 0 Å². The van der Waals surface area contributed by atoms with E-state index >= 15 is 0 Å². The molecule has 2 unspecified atom stereocenters. The Morgan fingerprint density at radius 3 is 3.22 bits per heavy atom. The monoisotopic (exact) mass is 246 g/mol. The largest absolute Gasteiger partial charge is 0.352 e. The fourth-order valence-corrected chi connectivity index (χ4v) is 3.36. The van der Waals surface area contributed by atoms with Crippen LogP contribution in [0, 0.1) is 0 Å². The van der Waals surface area contributed by atoms with Crippen molar-refractivity contribution in [3.8, 4) is 0 Å². The molecule has 4 nitrogen and oxygen atoms in total. The highest BCUT2D eigenvalue weighted by molar-refractivity contribution is 5.28. The number of piperidine rings is 1. The second-order valence-electron chi connectivity index (χ2n) is 5.34. The number of imidazole rings is 1. The second kappa shape index (κ2) is 5.14. The van der Waals surface area contributed by atoms with Gasteiger partial charge in [-0.2, -0.15) is 0 Å². The number of rotatable bonds is 4. The summed E-state index contributed by atoms with van der Waals surface area (Å²) in [7, 11) is 0. The van der Waals surface area contributed by atoms with Crippen molar-refractivity contribution in [2.75, 3.05) is 25.0 Å². The topological polar surface area (TPSA) is 33.1 Å². The molecule has 0 bridgehead atoms. The van der Waals surface area contributed by atoms with Gasteiger partial charge in [-0.25, -0.2) is 4.98 Å². The number of hydrogen-bond acceptors (Lipinski definition) is 3. The van der Waals surface area contributed by atoms with Crippen LogP contribution in [0.2, 0.25) is 0 Å². The molecule has 98 valence electrons. The van der Waals surface area contributed by atoms with Gasteiger partial charge < -0.3 is 14.8 Å². The van der Waals surface area contributed by atoms with Crippen LogP contribution >= 0.6 is 0 Å².